The van der Waals surface area contributed by atoms with E-state index in [4.69, 9.17) is 9.31 Å². The van der Waals surface area contributed by atoms with Crippen molar-refractivity contribution in [2.24, 2.45) is 0 Å². The first-order chi connectivity index (χ1) is 11.6. The Morgan fingerprint density at radius 1 is 1.20 bits per heavy atom. The third-order valence-electron chi connectivity index (χ3n) is 4.63. The van der Waals surface area contributed by atoms with Gasteiger partial charge in [0.1, 0.15) is 22.9 Å². The molecule has 1 aromatic carbocycles. The lowest BCUT2D eigenvalue weighted by atomic mass is 9.87. The predicted molar refractivity (Wildman–Crippen MR) is 91.2 cm³/mol. The number of rotatable bonds is 3. The Hall–Kier alpha value is -2.06. The highest BCUT2D eigenvalue weighted by Gasteiger charge is 2.53. The van der Waals surface area contributed by atoms with Crippen molar-refractivity contribution >= 4 is 13.2 Å². The van der Waals surface area contributed by atoms with Crippen LogP contribution in [0.2, 0.25) is 0 Å². The summed E-state index contributed by atoms with van der Waals surface area (Å²) >= 11 is 0. The van der Waals surface area contributed by atoms with E-state index in [9.17, 15) is 8.78 Å². The summed E-state index contributed by atoms with van der Waals surface area (Å²) in [6.45, 7) is 9.17. The number of hydrogen-bond acceptors (Lipinski definition) is 4. The minimum atomic E-state index is -1.11. The topological polar surface area (TPSA) is 49.2 Å². The monoisotopic (exact) mass is 347 g/mol. The molecule has 0 aliphatic carbocycles. The van der Waals surface area contributed by atoms with E-state index in [2.05, 4.69) is 10.3 Å². The van der Waals surface area contributed by atoms with E-state index < -0.39 is 29.9 Å². The van der Waals surface area contributed by atoms with Crippen molar-refractivity contribution in [3.8, 4) is 5.69 Å². The molecule has 2 aromatic rings. The zero-order chi connectivity index (χ0) is 18.4. The Kier molecular flexibility index (Phi) is 4.29. The summed E-state index contributed by atoms with van der Waals surface area (Å²) < 4.78 is 41.0. The first-order valence-electron chi connectivity index (χ1n) is 8.01. The summed E-state index contributed by atoms with van der Waals surface area (Å²) in [5.41, 5.74) is -0.596. The highest BCUT2D eigenvalue weighted by atomic mass is 19.1. The lowest BCUT2D eigenvalue weighted by Crippen LogP contribution is -2.41. The minimum absolute atomic E-state index is 0.243. The zero-order valence-corrected chi connectivity index (χ0v) is 14.9. The van der Waals surface area contributed by atoms with Crippen LogP contribution in [0.1, 0.15) is 39.0 Å². The number of benzene rings is 1. The van der Waals surface area contributed by atoms with Crippen LogP contribution in [0.15, 0.2) is 30.1 Å². The number of aryl methyl sites for hydroxylation is 1. The number of aromatic nitrogens is 3. The van der Waals surface area contributed by atoms with Gasteiger partial charge < -0.3 is 9.31 Å². The molecule has 25 heavy (non-hydrogen) atoms. The molecule has 0 amide bonds. The predicted octanol–water partition coefficient (Wildman–Crippen LogP) is 3.66. The molecule has 1 aliphatic rings. The fraction of sp³-hybridized carbons (Fsp3) is 0.412. The van der Waals surface area contributed by atoms with Crippen molar-refractivity contribution in [2.45, 2.75) is 45.8 Å². The van der Waals surface area contributed by atoms with E-state index in [1.54, 1.807) is 19.1 Å². The lowest BCUT2D eigenvalue weighted by molar-refractivity contribution is 0.00578. The number of hydrogen-bond donors (Lipinski definition) is 0. The first kappa shape index (κ1) is 17.8. The molecule has 0 bridgehead atoms. The van der Waals surface area contributed by atoms with Gasteiger partial charge in [0.25, 0.3) is 0 Å². The second-order valence-electron chi connectivity index (χ2n) is 7.16. The van der Waals surface area contributed by atoms with Crippen molar-refractivity contribution in [3.05, 3.63) is 47.2 Å². The molecule has 5 nitrogen and oxygen atoms in total. The second-order valence-corrected chi connectivity index (χ2v) is 7.16. The van der Waals surface area contributed by atoms with Gasteiger partial charge in [-0.25, -0.2) is 13.5 Å². The maximum absolute atomic E-state index is 14.5. The fourth-order valence-electron chi connectivity index (χ4n) is 2.42. The van der Waals surface area contributed by atoms with E-state index in [1.807, 2.05) is 27.7 Å². The molecule has 0 unspecified atom stereocenters. The molecule has 0 N–H and O–H groups in total. The van der Waals surface area contributed by atoms with Crippen LogP contribution < -0.4 is 0 Å². The smallest absolute Gasteiger partial charge is 0.398 e. The van der Waals surface area contributed by atoms with Gasteiger partial charge in [0.15, 0.2) is 0 Å². The summed E-state index contributed by atoms with van der Waals surface area (Å²) in [5, 5.41) is 7.71. The van der Waals surface area contributed by atoms with Gasteiger partial charge in [0.05, 0.1) is 17.4 Å². The third kappa shape index (κ3) is 3.36. The van der Waals surface area contributed by atoms with Gasteiger partial charge in [-0.1, -0.05) is 11.3 Å². The minimum Gasteiger partial charge on any atom is -0.398 e. The quantitative estimate of drug-likeness (QED) is 0.796. The van der Waals surface area contributed by atoms with Gasteiger partial charge in [0, 0.05) is 0 Å². The first-order valence-corrected chi connectivity index (χ1v) is 8.01. The molecule has 1 saturated heterocycles. The molecule has 1 fully saturated rings. The van der Waals surface area contributed by atoms with Gasteiger partial charge >= 0.3 is 7.12 Å². The molecular formula is C17H20BF2N3O2. The second kappa shape index (κ2) is 6.03. The molecule has 0 saturated carbocycles. The highest BCUT2D eigenvalue weighted by molar-refractivity contribution is 6.54. The Labute approximate surface area is 145 Å². The molecular weight excluding hydrogens is 327 g/mol. The van der Waals surface area contributed by atoms with Gasteiger partial charge in [-0.05, 0) is 58.4 Å². The van der Waals surface area contributed by atoms with Gasteiger partial charge in [-0.3, -0.25) is 0 Å². The summed E-state index contributed by atoms with van der Waals surface area (Å²) in [5.74, 6) is -0.424. The molecule has 132 valence electrons. The van der Waals surface area contributed by atoms with Gasteiger partial charge in [-0.2, -0.15) is 0 Å². The van der Waals surface area contributed by atoms with E-state index in [0.717, 1.165) is 5.56 Å². The van der Waals surface area contributed by atoms with Crippen LogP contribution >= 0.6 is 0 Å². The fourth-order valence-corrected chi connectivity index (χ4v) is 2.42. The van der Waals surface area contributed by atoms with Crippen molar-refractivity contribution in [1.82, 2.24) is 15.0 Å². The maximum atomic E-state index is 14.5. The Bertz CT molecular complexity index is 817. The van der Waals surface area contributed by atoms with E-state index in [1.165, 1.54) is 23.0 Å². The molecule has 0 radical (unpaired) electrons. The van der Waals surface area contributed by atoms with Gasteiger partial charge in [-0.15, -0.1) is 5.10 Å². The average Bonchev–Trinajstić information content (AvgIpc) is 3.01. The van der Waals surface area contributed by atoms with Crippen molar-refractivity contribution in [2.75, 3.05) is 0 Å². The number of nitrogens with zero attached hydrogens (tertiary/aromatic N) is 3. The average molecular weight is 347 g/mol. The van der Waals surface area contributed by atoms with Crippen molar-refractivity contribution in [1.29, 1.82) is 0 Å². The molecule has 2 heterocycles. The maximum Gasteiger partial charge on any atom is 0.525 e. The Morgan fingerprint density at radius 3 is 2.44 bits per heavy atom. The Balaban J connectivity index is 1.82. The Morgan fingerprint density at radius 2 is 1.84 bits per heavy atom. The SMILES string of the molecule is Cc1ccc(-n2cc(C=C(F)B3OC(C)(C)C(C)(C)O3)nn2)c(F)c1. The molecule has 1 aliphatic heterocycles. The molecule has 0 spiro atoms. The summed E-state index contributed by atoms with van der Waals surface area (Å²) in [7, 11) is -1.11. The van der Waals surface area contributed by atoms with Crippen LogP contribution in [0.3, 0.4) is 0 Å². The van der Waals surface area contributed by atoms with Crippen molar-refractivity contribution < 1.29 is 18.1 Å². The van der Waals surface area contributed by atoms with E-state index in [0.29, 0.717) is 0 Å². The summed E-state index contributed by atoms with van der Waals surface area (Å²) in [6.07, 6.45) is 2.62. The molecule has 0 atom stereocenters. The van der Waals surface area contributed by atoms with E-state index >= 15 is 0 Å². The van der Waals surface area contributed by atoms with Crippen LogP contribution in [0.25, 0.3) is 11.8 Å². The molecule has 3 rings (SSSR count). The molecule has 8 heteroatoms. The highest BCUT2D eigenvalue weighted by Crippen LogP contribution is 2.39. The van der Waals surface area contributed by atoms with Crippen LogP contribution in [0, 0.1) is 12.7 Å². The van der Waals surface area contributed by atoms with Crippen LogP contribution in [0.5, 0.6) is 0 Å². The van der Waals surface area contributed by atoms with Crippen LogP contribution in [-0.4, -0.2) is 33.3 Å². The van der Waals surface area contributed by atoms with Crippen LogP contribution in [-0.2, 0) is 9.31 Å². The largest absolute Gasteiger partial charge is 0.525 e. The third-order valence-corrected chi connectivity index (χ3v) is 4.63. The molecule has 1 aromatic heterocycles. The lowest BCUT2D eigenvalue weighted by Gasteiger charge is -2.32. The van der Waals surface area contributed by atoms with Crippen LogP contribution in [0.4, 0.5) is 8.78 Å². The number of halogens is 2. The summed E-state index contributed by atoms with van der Waals surface area (Å²) in [4.78, 5) is 0. The van der Waals surface area contributed by atoms with E-state index in [-0.39, 0.29) is 11.4 Å². The zero-order valence-electron chi connectivity index (χ0n) is 14.9. The normalized spacial score (nSPS) is 19.5. The standard InChI is InChI=1S/C17H20BF2N3O2/c1-11-6-7-14(13(19)8-11)23-10-12(21-22-23)9-15(20)18-24-16(2,3)17(4,5)25-18/h6-10H,1-5H3. The van der Waals surface area contributed by atoms with Crippen molar-refractivity contribution in [3.63, 3.8) is 0 Å². The van der Waals surface area contributed by atoms with Gasteiger partial charge in [0.2, 0.25) is 0 Å². The summed E-state index contributed by atoms with van der Waals surface area (Å²) in [6, 6.07) is 4.76.